The fourth-order valence-corrected chi connectivity index (χ4v) is 7.75. The number of allylic oxidation sites excluding steroid dienone is 4. The zero-order valence-electron chi connectivity index (χ0n) is 30.0. The molecule has 2 aliphatic rings. The number of hydrogen-bond donors (Lipinski definition) is 2. The molecular weight excluding hydrogens is 685 g/mol. The fourth-order valence-electron chi connectivity index (χ4n) is 5.94. The van der Waals surface area contributed by atoms with Crippen LogP contribution in [0.2, 0.25) is 0 Å². The summed E-state index contributed by atoms with van der Waals surface area (Å²) >= 11 is 0. The van der Waals surface area contributed by atoms with Crippen molar-refractivity contribution >= 4 is 69.2 Å². The van der Waals surface area contributed by atoms with E-state index in [1.165, 1.54) is 42.6 Å². The summed E-state index contributed by atoms with van der Waals surface area (Å²) in [6, 6.07) is 21.4. The molecule has 0 spiro atoms. The van der Waals surface area contributed by atoms with Crippen molar-refractivity contribution in [2.45, 2.75) is 32.2 Å². The van der Waals surface area contributed by atoms with Crippen LogP contribution >= 0.6 is 21.6 Å². The summed E-state index contributed by atoms with van der Waals surface area (Å²) in [5.74, 6) is 1.44. The Morgan fingerprint density at radius 2 is 1.21 bits per heavy atom. The molecule has 0 unspecified atom stereocenters. The molecule has 0 saturated carbocycles. The van der Waals surface area contributed by atoms with Crippen molar-refractivity contribution in [1.29, 1.82) is 0 Å². The molecule has 2 aromatic carbocycles. The Kier molecular flexibility index (Phi) is 16.2. The number of carbonyl (C=O) groups is 2. The Labute approximate surface area is 317 Å². The smallest absolute Gasteiger partial charge is 0.286 e. The normalized spacial score (nSPS) is 15.0. The molecule has 3 heterocycles. The number of hydrogen-bond acceptors (Lipinski definition) is 7. The number of nitrogens with one attached hydrogen (secondary N) is 2. The number of pyridine rings is 1. The number of carbonyl (C=O) groups excluding carboxylic acids is 2. The van der Waals surface area contributed by atoms with E-state index in [-0.39, 0.29) is 24.9 Å². The van der Waals surface area contributed by atoms with Gasteiger partial charge in [0.05, 0.1) is 0 Å². The summed E-state index contributed by atoms with van der Waals surface area (Å²) in [6.45, 7) is 10.00. The highest BCUT2D eigenvalue weighted by Gasteiger charge is 2.13. The van der Waals surface area contributed by atoms with E-state index in [0.29, 0.717) is 13.1 Å². The Morgan fingerprint density at radius 1 is 0.712 bits per heavy atom. The maximum atomic E-state index is 12.4. The highest BCUT2D eigenvalue weighted by molar-refractivity contribution is 8.76. The van der Waals surface area contributed by atoms with Crippen LogP contribution in [-0.4, -0.2) is 75.3 Å². The number of benzene rings is 2. The van der Waals surface area contributed by atoms with E-state index < -0.39 is 0 Å². The molecule has 0 aliphatic carbocycles. The zero-order valence-corrected chi connectivity index (χ0v) is 31.6. The Balaban J connectivity index is 0.877. The van der Waals surface area contributed by atoms with Crippen LogP contribution in [0.4, 0.5) is 11.4 Å². The first kappa shape index (κ1) is 38.7. The van der Waals surface area contributed by atoms with Crippen LogP contribution in [0.5, 0.6) is 0 Å². The van der Waals surface area contributed by atoms with Crippen LogP contribution < -0.4 is 25.0 Å². The van der Waals surface area contributed by atoms with Crippen LogP contribution in [0.25, 0.3) is 18.2 Å². The maximum Gasteiger partial charge on any atom is 0.286 e. The third-order valence-electron chi connectivity index (χ3n) is 8.85. The van der Waals surface area contributed by atoms with Gasteiger partial charge in [0.15, 0.2) is 12.4 Å². The fraction of sp³-hybridized carbons (Fsp3) is 0.333. The van der Waals surface area contributed by atoms with Gasteiger partial charge >= 0.3 is 0 Å². The van der Waals surface area contributed by atoms with Crippen LogP contribution in [-0.2, 0) is 16.1 Å². The van der Waals surface area contributed by atoms with E-state index in [9.17, 15) is 9.59 Å². The minimum atomic E-state index is -0.111. The first-order chi connectivity index (χ1) is 25.6. The van der Waals surface area contributed by atoms with Gasteiger partial charge in [-0.2, -0.15) is 4.57 Å². The van der Waals surface area contributed by atoms with E-state index in [4.69, 9.17) is 0 Å². The van der Waals surface area contributed by atoms with Gasteiger partial charge in [-0.15, -0.1) is 0 Å². The summed E-state index contributed by atoms with van der Waals surface area (Å²) in [7, 11) is 3.36. The summed E-state index contributed by atoms with van der Waals surface area (Å²) < 4.78 is 1.88. The molecule has 3 aromatic rings. The monoisotopic (exact) mass is 735 g/mol. The molecule has 272 valence electrons. The second-order valence-corrected chi connectivity index (χ2v) is 15.4. The standard InChI is InChI=1S/C42H50N6O2S2/c1-2-35(7-8-36-11-15-39(16-12-36)47-25-3-4-26-47)19-22-43-33-41(49)44-23-31-51-52-32-24-45-42(50)34-46-29-20-38(21-30-46)10-9-37-13-17-40(18-14-37)48-27-5-6-28-48/h2,7-22,29-30H,1,3-6,23-28,31-34H2,(H-,44,45,49,50)/p+1/b8-7+,35-19+,43-22+. The van der Waals surface area contributed by atoms with Gasteiger partial charge in [-0.1, -0.05) is 82.8 Å². The molecule has 5 rings (SSSR count). The number of aromatic nitrogens is 1. The molecular formula is C42H51N6O2S2+. The lowest BCUT2D eigenvalue weighted by Crippen LogP contribution is -2.42. The Bertz CT molecular complexity index is 1690. The lowest BCUT2D eigenvalue weighted by atomic mass is 10.1. The molecule has 2 fully saturated rings. The topological polar surface area (TPSA) is 80.9 Å². The van der Waals surface area contributed by atoms with Gasteiger partial charge in [0.1, 0.15) is 6.54 Å². The van der Waals surface area contributed by atoms with Crippen LogP contribution in [0.3, 0.4) is 0 Å². The predicted molar refractivity (Wildman–Crippen MR) is 223 cm³/mol. The van der Waals surface area contributed by atoms with E-state index in [1.54, 1.807) is 33.9 Å². The van der Waals surface area contributed by atoms with Gasteiger partial charge < -0.3 is 20.4 Å². The molecule has 52 heavy (non-hydrogen) atoms. The average Bonchev–Trinajstić information content (AvgIpc) is 3.92. The van der Waals surface area contributed by atoms with Crippen molar-refractivity contribution in [1.82, 2.24) is 10.6 Å². The Morgan fingerprint density at radius 3 is 1.75 bits per heavy atom. The van der Waals surface area contributed by atoms with Gasteiger partial charge in [0.2, 0.25) is 12.5 Å². The number of nitrogens with zero attached hydrogens (tertiary/aromatic N) is 4. The quantitative estimate of drug-likeness (QED) is 0.0461. The van der Waals surface area contributed by atoms with Crippen LogP contribution in [0.15, 0.2) is 108 Å². The second kappa shape index (κ2) is 21.7. The van der Waals surface area contributed by atoms with Crippen molar-refractivity contribution in [2.24, 2.45) is 4.99 Å². The molecule has 10 heteroatoms. The molecule has 2 N–H and O–H groups in total. The van der Waals surface area contributed by atoms with Gasteiger partial charge in [0, 0.05) is 80.5 Å². The van der Waals surface area contributed by atoms with E-state index in [1.807, 2.05) is 41.2 Å². The largest absolute Gasteiger partial charge is 0.372 e. The summed E-state index contributed by atoms with van der Waals surface area (Å²) in [5.41, 5.74) is 6.89. The lowest BCUT2D eigenvalue weighted by molar-refractivity contribution is -0.684. The average molecular weight is 736 g/mol. The SMILES string of the molecule is C=CC(/C=C/c1ccc(N2CCCC2)cc1)=C\C=N\CC(=O)NCCSSCCNC(=O)C[n+]1ccc(/C=C/c2ccc(N3CCCC3)cc2)cc1. The molecule has 0 bridgehead atoms. The summed E-state index contributed by atoms with van der Waals surface area (Å²) in [6.07, 6.45) is 22.5. The van der Waals surface area contributed by atoms with Crippen LogP contribution in [0, 0.1) is 0 Å². The minimum absolute atomic E-state index is 0.0153. The molecule has 2 amide bonds. The summed E-state index contributed by atoms with van der Waals surface area (Å²) in [4.78, 5) is 33.7. The molecule has 2 aliphatic heterocycles. The predicted octanol–water partition coefficient (Wildman–Crippen LogP) is 6.86. The Hall–Kier alpha value is -4.54. The third kappa shape index (κ3) is 13.5. The number of anilines is 2. The number of aliphatic imine (C=N–C) groups is 1. The first-order valence-electron chi connectivity index (χ1n) is 18.2. The van der Waals surface area contributed by atoms with E-state index >= 15 is 0 Å². The van der Waals surface area contributed by atoms with Crippen molar-refractivity contribution in [2.75, 3.05) is 67.1 Å². The molecule has 8 nitrogen and oxygen atoms in total. The minimum Gasteiger partial charge on any atom is -0.372 e. The second-order valence-electron chi connectivity index (χ2n) is 12.7. The maximum absolute atomic E-state index is 12.4. The summed E-state index contributed by atoms with van der Waals surface area (Å²) in [5, 5.41) is 5.88. The molecule has 2 saturated heterocycles. The number of rotatable bonds is 19. The van der Waals surface area contributed by atoms with Gasteiger partial charge in [-0.05, 0) is 78.3 Å². The molecule has 0 atom stereocenters. The first-order valence-corrected chi connectivity index (χ1v) is 20.7. The van der Waals surface area contributed by atoms with Crippen molar-refractivity contribution in [3.8, 4) is 0 Å². The van der Waals surface area contributed by atoms with Crippen molar-refractivity contribution in [3.05, 3.63) is 120 Å². The zero-order chi connectivity index (χ0) is 36.2. The highest BCUT2D eigenvalue weighted by atomic mass is 33.1. The van der Waals surface area contributed by atoms with Crippen LogP contribution in [0.1, 0.15) is 42.4 Å². The number of amides is 2. The van der Waals surface area contributed by atoms with Crippen molar-refractivity contribution in [3.63, 3.8) is 0 Å². The van der Waals surface area contributed by atoms with Crippen molar-refractivity contribution < 1.29 is 14.2 Å². The molecule has 0 radical (unpaired) electrons. The van der Waals surface area contributed by atoms with Gasteiger partial charge in [-0.25, -0.2) is 0 Å². The lowest BCUT2D eigenvalue weighted by Gasteiger charge is -2.17. The van der Waals surface area contributed by atoms with E-state index in [0.717, 1.165) is 54.4 Å². The van der Waals surface area contributed by atoms with Gasteiger partial charge in [0.25, 0.3) is 5.91 Å². The van der Waals surface area contributed by atoms with Gasteiger partial charge in [-0.3, -0.25) is 14.6 Å². The third-order valence-corrected chi connectivity index (χ3v) is 11.3. The highest BCUT2D eigenvalue weighted by Crippen LogP contribution is 2.22. The van der Waals surface area contributed by atoms with E-state index in [2.05, 4.69) is 98.8 Å². The molecule has 1 aromatic heterocycles.